The number of rotatable bonds is 5. The summed E-state index contributed by atoms with van der Waals surface area (Å²) in [5, 5.41) is 9.21. The Morgan fingerprint density at radius 3 is 2.63 bits per heavy atom. The highest BCUT2D eigenvalue weighted by atomic mass is 32.2. The third-order valence-corrected chi connectivity index (χ3v) is 4.47. The Labute approximate surface area is 116 Å². The van der Waals surface area contributed by atoms with Crippen molar-refractivity contribution in [3.63, 3.8) is 0 Å². The number of sulfonamides is 1. The summed E-state index contributed by atoms with van der Waals surface area (Å²) in [5.74, 6) is -0.676. The Balaban J connectivity index is 3.22. The highest BCUT2D eigenvalue weighted by Gasteiger charge is 2.23. The third kappa shape index (κ3) is 3.69. The Morgan fingerprint density at radius 1 is 1.58 bits per heavy atom. The molecule has 0 aromatic heterocycles. The van der Waals surface area contributed by atoms with Crippen LogP contribution < -0.4 is 5.73 Å². The lowest BCUT2D eigenvalue weighted by Gasteiger charge is -2.19. The molecule has 3 N–H and O–H groups in total. The van der Waals surface area contributed by atoms with Crippen LogP contribution in [0.1, 0.15) is 12.5 Å². The fraction of sp³-hybridized carbons (Fsp3) is 0.364. The zero-order chi connectivity index (χ0) is 14.8. The van der Waals surface area contributed by atoms with E-state index >= 15 is 0 Å². The second kappa shape index (κ2) is 5.91. The number of benzene rings is 1. The highest BCUT2D eigenvalue weighted by Crippen LogP contribution is 2.18. The minimum absolute atomic E-state index is 0.0673. The fourth-order valence-corrected chi connectivity index (χ4v) is 2.94. The number of hydrogen-bond acceptors (Lipinski definition) is 4. The van der Waals surface area contributed by atoms with Crippen molar-refractivity contribution < 1.29 is 17.9 Å². The first-order chi connectivity index (χ1) is 8.66. The minimum atomic E-state index is -3.82. The zero-order valence-electron chi connectivity index (χ0n) is 10.5. The monoisotopic (exact) mass is 306 g/mol. The second-order valence-corrected chi connectivity index (χ2v) is 6.63. The van der Waals surface area contributed by atoms with Crippen LogP contribution in [0.5, 0.6) is 0 Å². The van der Waals surface area contributed by atoms with Gasteiger partial charge in [0.15, 0.2) is 0 Å². The van der Waals surface area contributed by atoms with E-state index in [4.69, 9.17) is 5.73 Å². The lowest BCUT2D eigenvalue weighted by atomic mass is 10.2. The van der Waals surface area contributed by atoms with Gasteiger partial charge >= 0.3 is 0 Å². The molecule has 8 heteroatoms. The van der Waals surface area contributed by atoms with Gasteiger partial charge in [-0.1, -0.05) is 12.2 Å². The van der Waals surface area contributed by atoms with E-state index in [0.717, 1.165) is 22.5 Å². The van der Waals surface area contributed by atoms with Gasteiger partial charge in [-0.3, -0.25) is 0 Å². The van der Waals surface area contributed by atoms with Crippen LogP contribution in [0.2, 0.25) is 0 Å². The van der Waals surface area contributed by atoms with Crippen LogP contribution in [0.15, 0.2) is 23.1 Å². The smallest absolute Gasteiger partial charge is 0.242 e. The molecular weight excluding hydrogens is 291 g/mol. The average Bonchev–Trinajstić information content (AvgIpc) is 2.27. The number of aliphatic hydroxyl groups is 1. The van der Waals surface area contributed by atoms with E-state index in [9.17, 15) is 17.9 Å². The molecule has 0 saturated heterocycles. The van der Waals surface area contributed by atoms with E-state index in [-0.39, 0.29) is 22.0 Å². The molecule has 0 heterocycles. The molecule has 0 aliphatic rings. The first-order valence-corrected chi connectivity index (χ1v) is 7.25. The molecule has 1 aromatic carbocycles. The minimum Gasteiger partial charge on any atom is -0.392 e. The Kier molecular flexibility index (Phi) is 4.97. The van der Waals surface area contributed by atoms with Gasteiger partial charge in [-0.05, 0) is 25.1 Å². The molecule has 1 atom stereocenters. The average molecular weight is 306 g/mol. The molecular formula is C11H15FN2O3S2. The van der Waals surface area contributed by atoms with Crippen LogP contribution in [-0.4, -0.2) is 42.5 Å². The quantitative estimate of drug-likeness (QED) is 0.772. The maximum absolute atomic E-state index is 13.4. The van der Waals surface area contributed by atoms with Gasteiger partial charge in [0.05, 0.1) is 11.0 Å². The third-order valence-electron chi connectivity index (χ3n) is 2.43. The normalized spacial score (nSPS) is 13.5. The van der Waals surface area contributed by atoms with E-state index in [1.807, 2.05) is 0 Å². The van der Waals surface area contributed by atoms with Gasteiger partial charge in [0.1, 0.15) is 10.8 Å². The summed E-state index contributed by atoms with van der Waals surface area (Å²) in [4.78, 5) is -0.340. The summed E-state index contributed by atoms with van der Waals surface area (Å²) >= 11 is 4.66. The number of nitrogens with two attached hydrogens (primary N) is 1. The van der Waals surface area contributed by atoms with Gasteiger partial charge < -0.3 is 10.8 Å². The lowest BCUT2D eigenvalue weighted by Crippen LogP contribution is -2.33. The molecule has 0 amide bonds. The molecule has 5 nitrogen and oxygen atoms in total. The van der Waals surface area contributed by atoms with Crippen LogP contribution in [-0.2, 0) is 10.0 Å². The van der Waals surface area contributed by atoms with Crippen molar-refractivity contribution in [3.05, 3.63) is 29.6 Å². The van der Waals surface area contributed by atoms with Crippen molar-refractivity contribution in [1.82, 2.24) is 4.31 Å². The molecule has 0 bridgehead atoms. The van der Waals surface area contributed by atoms with Crippen molar-refractivity contribution in [2.75, 3.05) is 13.6 Å². The molecule has 0 radical (unpaired) electrons. The van der Waals surface area contributed by atoms with E-state index in [0.29, 0.717) is 0 Å². The van der Waals surface area contributed by atoms with Crippen molar-refractivity contribution >= 4 is 27.2 Å². The van der Waals surface area contributed by atoms with Crippen molar-refractivity contribution in [2.45, 2.75) is 17.9 Å². The van der Waals surface area contributed by atoms with Crippen molar-refractivity contribution in [1.29, 1.82) is 0 Å². The largest absolute Gasteiger partial charge is 0.392 e. The predicted octanol–water partition coefficient (Wildman–Crippen LogP) is 0.461. The number of hydrogen-bond donors (Lipinski definition) is 2. The molecule has 0 saturated carbocycles. The Morgan fingerprint density at radius 2 is 2.16 bits per heavy atom. The number of nitrogens with zero attached hydrogens (tertiary/aromatic N) is 1. The molecule has 0 spiro atoms. The van der Waals surface area contributed by atoms with E-state index in [1.165, 1.54) is 14.0 Å². The maximum atomic E-state index is 13.4. The molecule has 1 aromatic rings. The van der Waals surface area contributed by atoms with Gasteiger partial charge in [0, 0.05) is 19.2 Å². The number of likely N-dealkylation sites (N-methyl/N-ethyl adjacent to an activating group) is 1. The van der Waals surface area contributed by atoms with Crippen molar-refractivity contribution in [3.8, 4) is 0 Å². The molecule has 1 unspecified atom stereocenters. The molecule has 1 rings (SSSR count). The molecule has 19 heavy (non-hydrogen) atoms. The van der Waals surface area contributed by atoms with Crippen LogP contribution in [0, 0.1) is 5.82 Å². The molecule has 0 aliphatic carbocycles. The Hall–Kier alpha value is -1.09. The van der Waals surface area contributed by atoms with Gasteiger partial charge in [-0.2, -0.15) is 4.31 Å². The summed E-state index contributed by atoms with van der Waals surface area (Å²) in [6, 6.07) is 3.22. The summed E-state index contributed by atoms with van der Waals surface area (Å²) in [7, 11) is -2.49. The highest BCUT2D eigenvalue weighted by molar-refractivity contribution is 7.89. The van der Waals surface area contributed by atoms with Crippen LogP contribution in [0.25, 0.3) is 0 Å². The van der Waals surface area contributed by atoms with Crippen molar-refractivity contribution in [2.24, 2.45) is 5.73 Å². The lowest BCUT2D eigenvalue weighted by molar-refractivity contribution is 0.171. The fourth-order valence-electron chi connectivity index (χ4n) is 1.50. The van der Waals surface area contributed by atoms with Crippen LogP contribution >= 0.6 is 12.2 Å². The summed E-state index contributed by atoms with van der Waals surface area (Å²) in [5.41, 5.74) is 5.20. The summed E-state index contributed by atoms with van der Waals surface area (Å²) in [6.45, 7) is 1.40. The van der Waals surface area contributed by atoms with Gasteiger partial charge in [0.2, 0.25) is 10.0 Å². The molecule has 0 aliphatic heterocycles. The molecule has 0 fully saturated rings. The maximum Gasteiger partial charge on any atom is 0.242 e. The van der Waals surface area contributed by atoms with E-state index in [1.54, 1.807) is 0 Å². The second-order valence-electron chi connectivity index (χ2n) is 4.14. The van der Waals surface area contributed by atoms with Crippen LogP contribution in [0.4, 0.5) is 4.39 Å². The first-order valence-electron chi connectivity index (χ1n) is 5.40. The Bertz CT molecular complexity index is 588. The zero-order valence-corrected chi connectivity index (χ0v) is 12.1. The van der Waals surface area contributed by atoms with Crippen LogP contribution in [0.3, 0.4) is 0 Å². The number of aliphatic hydroxyl groups excluding tert-OH is 1. The SMILES string of the molecule is CC(O)CN(C)S(=O)(=O)c1ccc(F)c(C(N)=S)c1. The first kappa shape index (κ1) is 16.0. The van der Waals surface area contributed by atoms with E-state index in [2.05, 4.69) is 12.2 Å². The van der Waals surface area contributed by atoms with Gasteiger partial charge in [-0.15, -0.1) is 0 Å². The summed E-state index contributed by atoms with van der Waals surface area (Å²) < 4.78 is 38.7. The van der Waals surface area contributed by atoms with E-state index < -0.39 is 21.9 Å². The van der Waals surface area contributed by atoms with Gasteiger partial charge in [-0.25, -0.2) is 12.8 Å². The molecule has 106 valence electrons. The number of thiocarbonyl (C=S) groups is 1. The summed E-state index contributed by atoms with van der Waals surface area (Å²) in [6.07, 6.45) is -0.810. The number of halogens is 1. The topological polar surface area (TPSA) is 83.6 Å². The standard InChI is InChI=1S/C11H15FN2O3S2/c1-7(15)6-14(2)19(16,17)8-3-4-10(12)9(5-8)11(13)18/h3-5,7,15H,6H2,1-2H3,(H2,13,18). The van der Waals surface area contributed by atoms with Gasteiger partial charge in [0.25, 0.3) is 0 Å². The predicted molar refractivity (Wildman–Crippen MR) is 73.8 cm³/mol.